The molecular weight excluding hydrogens is 286 g/mol. The summed E-state index contributed by atoms with van der Waals surface area (Å²) in [5.41, 5.74) is -0.0198. The largest absolute Gasteiger partial charge is 0.415 e. The molecule has 0 aliphatic carbocycles. The molecule has 1 aliphatic heterocycles. The molecule has 1 aromatic rings. The van der Waals surface area contributed by atoms with Gasteiger partial charge in [0.05, 0.1) is 6.61 Å². The standard InChI is InChI=1S/C16H19NO5/c1-16(2,17-15(20)22-14(19)13-10-21-13)9-8-12(18)11-6-4-3-5-7-11/h3-7,13H,8-10H2,1-2H3,(H,17,20). The quantitative estimate of drug-likeness (QED) is 0.376. The average Bonchev–Trinajstić information content (AvgIpc) is 3.29. The van der Waals surface area contributed by atoms with E-state index in [2.05, 4.69) is 10.1 Å². The van der Waals surface area contributed by atoms with Crippen LogP contribution in [0.4, 0.5) is 4.79 Å². The molecule has 0 spiro atoms. The lowest BCUT2D eigenvalue weighted by atomic mass is 9.95. The van der Waals surface area contributed by atoms with Crippen molar-refractivity contribution in [3.63, 3.8) is 0 Å². The van der Waals surface area contributed by atoms with Crippen LogP contribution in [0.2, 0.25) is 0 Å². The van der Waals surface area contributed by atoms with Gasteiger partial charge in [-0.25, -0.2) is 9.59 Å². The van der Waals surface area contributed by atoms with E-state index in [4.69, 9.17) is 4.74 Å². The number of rotatable bonds is 6. The van der Waals surface area contributed by atoms with Crippen LogP contribution in [0.5, 0.6) is 0 Å². The number of carbonyl (C=O) groups is 3. The Bertz CT molecular complexity index is 563. The second kappa shape index (κ2) is 6.70. The summed E-state index contributed by atoms with van der Waals surface area (Å²) in [5, 5.41) is 2.59. The van der Waals surface area contributed by atoms with E-state index >= 15 is 0 Å². The maximum atomic E-state index is 12.0. The summed E-state index contributed by atoms with van der Waals surface area (Å²) in [4.78, 5) is 34.9. The van der Waals surface area contributed by atoms with Crippen molar-refractivity contribution in [2.75, 3.05) is 6.61 Å². The van der Waals surface area contributed by atoms with Gasteiger partial charge in [-0.1, -0.05) is 30.3 Å². The van der Waals surface area contributed by atoms with Crippen LogP contribution >= 0.6 is 0 Å². The fourth-order valence-corrected chi connectivity index (χ4v) is 1.90. The Labute approximate surface area is 128 Å². The predicted molar refractivity (Wildman–Crippen MR) is 78.4 cm³/mol. The number of ketones is 1. The van der Waals surface area contributed by atoms with Crippen LogP contribution in [-0.2, 0) is 14.3 Å². The van der Waals surface area contributed by atoms with Crippen LogP contribution < -0.4 is 5.32 Å². The molecule has 118 valence electrons. The lowest BCUT2D eigenvalue weighted by molar-refractivity contribution is -0.138. The van der Waals surface area contributed by atoms with Gasteiger partial charge in [-0.2, -0.15) is 0 Å². The molecule has 6 heteroatoms. The highest BCUT2D eigenvalue weighted by molar-refractivity contribution is 5.96. The minimum absolute atomic E-state index is 0.00583. The Morgan fingerprint density at radius 2 is 1.91 bits per heavy atom. The lowest BCUT2D eigenvalue weighted by Gasteiger charge is -2.25. The zero-order chi connectivity index (χ0) is 16.2. The van der Waals surface area contributed by atoms with Crippen molar-refractivity contribution in [1.82, 2.24) is 5.32 Å². The summed E-state index contributed by atoms with van der Waals surface area (Å²) in [6, 6.07) is 8.97. The van der Waals surface area contributed by atoms with Crippen molar-refractivity contribution in [3.05, 3.63) is 35.9 Å². The van der Waals surface area contributed by atoms with E-state index in [0.717, 1.165) is 0 Å². The number of ether oxygens (including phenoxy) is 2. The van der Waals surface area contributed by atoms with Crippen LogP contribution in [0.1, 0.15) is 37.0 Å². The van der Waals surface area contributed by atoms with E-state index in [1.165, 1.54) is 0 Å². The highest BCUT2D eigenvalue weighted by Gasteiger charge is 2.35. The van der Waals surface area contributed by atoms with E-state index in [0.29, 0.717) is 18.6 Å². The summed E-state index contributed by atoms with van der Waals surface area (Å²) >= 11 is 0. The summed E-state index contributed by atoms with van der Waals surface area (Å²) < 4.78 is 9.33. The molecule has 1 heterocycles. The third kappa shape index (κ3) is 4.96. The van der Waals surface area contributed by atoms with Gasteiger partial charge in [0.15, 0.2) is 11.9 Å². The molecule has 1 unspecified atom stereocenters. The molecule has 0 saturated carbocycles. The van der Waals surface area contributed by atoms with Gasteiger partial charge in [0.25, 0.3) is 0 Å². The number of esters is 1. The number of amides is 1. The normalized spacial score (nSPS) is 16.7. The van der Waals surface area contributed by atoms with Crippen molar-refractivity contribution in [3.8, 4) is 0 Å². The molecule has 0 aromatic heterocycles. The molecule has 1 atom stereocenters. The number of hydrogen-bond donors (Lipinski definition) is 1. The van der Waals surface area contributed by atoms with Crippen molar-refractivity contribution in [2.24, 2.45) is 0 Å². The maximum absolute atomic E-state index is 12.0. The number of benzene rings is 1. The molecule has 0 radical (unpaired) electrons. The van der Waals surface area contributed by atoms with Crippen molar-refractivity contribution in [2.45, 2.75) is 38.3 Å². The Balaban J connectivity index is 1.78. The van der Waals surface area contributed by atoms with Crippen LogP contribution in [0, 0.1) is 0 Å². The number of Topliss-reactive ketones (excluding diaryl/α,β-unsaturated/α-hetero) is 1. The first-order chi connectivity index (χ1) is 10.4. The van der Waals surface area contributed by atoms with Gasteiger partial charge in [-0.15, -0.1) is 0 Å². The summed E-state index contributed by atoms with van der Waals surface area (Å²) in [7, 11) is 0. The highest BCUT2D eigenvalue weighted by atomic mass is 16.6. The monoisotopic (exact) mass is 305 g/mol. The van der Waals surface area contributed by atoms with E-state index in [-0.39, 0.29) is 12.2 Å². The van der Waals surface area contributed by atoms with E-state index in [1.54, 1.807) is 38.1 Å². The molecule has 6 nitrogen and oxygen atoms in total. The van der Waals surface area contributed by atoms with E-state index in [1.807, 2.05) is 6.07 Å². The molecule has 1 aromatic carbocycles. The van der Waals surface area contributed by atoms with Crippen LogP contribution in [0.15, 0.2) is 30.3 Å². The maximum Gasteiger partial charge on any atom is 0.415 e. The fraction of sp³-hybridized carbons (Fsp3) is 0.438. The van der Waals surface area contributed by atoms with Gasteiger partial charge >= 0.3 is 12.1 Å². The molecule has 1 amide bonds. The van der Waals surface area contributed by atoms with Crippen LogP contribution in [0.25, 0.3) is 0 Å². The van der Waals surface area contributed by atoms with Crippen molar-refractivity contribution in [1.29, 1.82) is 0 Å². The summed E-state index contributed by atoms with van der Waals surface area (Å²) in [6.07, 6.45) is -0.716. The first-order valence-corrected chi connectivity index (χ1v) is 7.11. The second-order valence-electron chi connectivity index (χ2n) is 5.83. The van der Waals surface area contributed by atoms with E-state index in [9.17, 15) is 14.4 Å². The van der Waals surface area contributed by atoms with Crippen LogP contribution in [-0.4, -0.2) is 36.1 Å². The number of alkyl carbamates (subject to hydrolysis) is 1. The zero-order valence-corrected chi connectivity index (χ0v) is 12.6. The van der Waals surface area contributed by atoms with Gasteiger partial charge < -0.3 is 14.8 Å². The predicted octanol–water partition coefficient (Wildman–Crippen LogP) is 2.08. The molecule has 22 heavy (non-hydrogen) atoms. The van der Waals surface area contributed by atoms with Gasteiger partial charge in [-0.05, 0) is 20.3 Å². The topological polar surface area (TPSA) is 85.0 Å². The Morgan fingerprint density at radius 3 is 2.50 bits per heavy atom. The Kier molecular flexibility index (Phi) is 4.92. The minimum Gasteiger partial charge on any atom is -0.374 e. The van der Waals surface area contributed by atoms with Crippen LogP contribution in [0.3, 0.4) is 0 Å². The van der Waals surface area contributed by atoms with Gasteiger partial charge in [0, 0.05) is 17.5 Å². The number of hydrogen-bond acceptors (Lipinski definition) is 5. The Morgan fingerprint density at radius 1 is 1.27 bits per heavy atom. The zero-order valence-electron chi connectivity index (χ0n) is 12.6. The molecule has 2 rings (SSSR count). The number of nitrogens with one attached hydrogen (secondary N) is 1. The molecule has 1 fully saturated rings. The number of carbonyl (C=O) groups excluding carboxylic acids is 3. The summed E-state index contributed by atoms with van der Waals surface area (Å²) in [6.45, 7) is 3.83. The molecule has 1 aliphatic rings. The summed E-state index contributed by atoms with van der Waals surface area (Å²) in [5.74, 6) is -0.681. The first-order valence-electron chi connectivity index (χ1n) is 7.11. The molecule has 1 N–H and O–H groups in total. The first kappa shape index (κ1) is 16.2. The van der Waals surface area contributed by atoms with E-state index < -0.39 is 23.7 Å². The van der Waals surface area contributed by atoms with Gasteiger partial charge in [0.1, 0.15) is 0 Å². The number of epoxide rings is 1. The molecule has 1 saturated heterocycles. The third-order valence-electron chi connectivity index (χ3n) is 3.30. The average molecular weight is 305 g/mol. The fourth-order valence-electron chi connectivity index (χ4n) is 1.90. The minimum atomic E-state index is -0.822. The van der Waals surface area contributed by atoms with Crippen molar-refractivity contribution < 1.29 is 23.9 Å². The smallest absolute Gasteiger partial charge is 0.374 e. The lowest BCUT2D eigenvalue weighted by Crippen LogP contribution is -2.45. The molecule has 0 bridgehead atoms. The van der Waals surface area contributed by atoms with Crippen molar-refractivity contribution >= 4 is 17.8 Å². The highest BCUT2D eigenvalue weighted by Crippen LogP contribution is 2.16. The second-order valence-corrected chi connectivity index (χ2v) is 5.83. The Hall–Kier alpha value is -2.21. The molecular formula is C16H19NO5. The third-order valence-corrected chi connectivity index (χ3v) is 3.30. The SMILES string of the molecule is CC(C)(CCC(=O)c1ccccc1)NC(=O)OC(=O)C1CO1. The van der Waals surface area contributed by atoms with Gasteiger partial charge in [0.2, 0.25) is 0 Å². The van der Waals surface area contributed by atoms with Gasteiger partial charge in [-0.3, -0.25) is 4.79 Å².